The van der Waals surface area contributed by atoms with Gasteiger partial charge in [-0.1, -0.05) is 32.8 Å². The molecule has 1 heterocycles. The molecule has 0 bridgehead atoms. The minimum Gasteiger partial charge on any atom is -0.326 e. The number of hydrogen-bond acceptors (Lipinski definition) is 2. The molecule has 1 aromatic carbocycles. The molecule has 0 radical (unpaired) electrons. The molecule has 20 heavy (non-hydrogen) atoms. The number of imidazole rings is 1. The first-order valence-corrected chi connectivity index (χ1v) is 7.59. The van der Waals surface area contributed by atoms with Crippen molar-refractivity contribution in [3.8, 4) is 6.07 Å². The van der Waals surface area contributed by atoms with Crippen molar-refractivity contribution in [3.63, 3.8) is 0 Å². The number of benzene rings is 1. The van der Waals surface area contributed by atoms with Crippen molar-refractivity contribution in [1.82, 2.24) is 9.55 Å². The van der Waals surface area contributed by atoms with Crippen LogP contribution >= 0.6 is 11.6 Å². The van der Waals surface area contributed by atoms with Crippen LogP contribution < -0.4 is 0 Å². The van der Waals surface area contributed by atoms with Gasteiger partial charge in [0.25, 0.3) is 0 Å². The van der Waals surface area contributed by atoms with Gasteiger partial charge >= 0.3 is 0 Å². The molecule has 0 aliphatic rings. The third-order valence-electron chi connectivity index (χ3n) is 3.88. The largest absolute Gasteiger partial charge is 0.326 e. The van der Waals surface area contributed by atoms with E-state index in [1.807, 2.05) is 19.1 Å². The van der Waals surface area contributed by atoms with E-state index in [0.717, 1.165) is 36.2 Å². The molecule has 0 saturated heterocycles. The zero-order valence-electron chi connectivity index (χ0n) is 12.2. The molecule has 0 aliphatic carbocycles. The van der Waals surface area contributed by atoms with Crippen molar-refractivity contribution in [2.45, 2.75) is 45.5 Å². The lowest BCUT2D eigenvalue weighted by molar-refractivity contribution is 0.417. The Labute approximate surface area is 125 Å². The van der Waals surface area contributed by atoms with E-state index < -0.39 is 0 Å². The molecule has 0 spiro atoms. The second-order valence-electron chi connectivity index (χ2n) is 5.16. The van der Waals surface area contributed by atoms with E-state index in [1.165, 1.54) is 0 Å². The van der Waals surface area contributed by atoms with Crippen LogP contribution in [-0.4, -0.2) is 9.55 Å². The van der Waals surface area contributed by atoms with Gasteiger partial charge in [0.2, 0.25) is 0 Å². The normalized spacial score (nSPS) is 12.8. The van der Waals surface area contributed by atoms with Crippen molar-refractivity contribution in [1.29, 1.82) is 5.26 Å². The van der Waals surface area contributed by atoms with Gasteiger partial charge in [0, 0.05) is 6.54 Å². The minimum absolute atomic E-state index is 0.164. The van der Waals surface area contributed by atoms with Crippen LogP contribution in [0.3, 0.4) is 0 Å². The Balaban J connectivity index is 2.61. The molecule has 0 amide bonds. The molecular formula is C16H20ClN3. The average Bonchev–Trinajstić information content (AvgIpc) is 2.83. The summed E-state index contributed by atoms with van der Waals surface area (Å²) in [6.45, 7) is 7.25. The highest BCUT2D eigenvalue weighted by atomic mass is 35.5. The van der Waals surface area contributed by atoms with Crippen LogP contribution in [0.25, 0.3) is 11.0 Å². The van der Waals surface area contributed by atoms with Gasteiger partial charge in [-0.3, -0.25) is 0 Å². The predicted octanol–water partition coefficient (Wildman–Crippen LogP) is 4.64. The maximum Gasteiger partial charge on any atom is 0.127 e. The second-order valence-corrected chi connectivity index (χ2v) is 5.82. The predicted molar refractivity (Wildman–Crippen MR) is 82.8 cm³/mol. The number of nitriles is 1. The summed E-state index contributed by atoms with van der Waals surface area (Å²) < 4.78 is 2.19. The number of halogens is 1. The number of aromatic nitrogens is 2. The molecule has 4 heteroatoms. The first-order valence-electron chi connectivity index (χ1n) is 7.15. The lowest BCUT2D eigenvalue weighted by Crippen LogP contribution is -2.12. The summed E-state index contributed by atoms with van der Waals surface area (Å²) in [5.74, 6) is 1.46. The summed E-state index contributed by atoms with van der Waals surface area (Å²) in [4.78, 5) is 4.61. The lowest BCUT2D eigenvalue weighted by atomic mass is 10.0. The van der Waals surface area contributed by atoms with E-state index in [0.29, 0.717) is 11.5 Å². The standard InChI is InChI=1S/C16H20ClN3/c1-4-12(5-2)10-20-14-8-6-7-13(9-18)15(14)19-16(20)11(3)17/h6-8,11-12H,4-5,10H2,1-3H3. The number of para-hydroxylation sites is 1. The topological polar surface area (TPSA) is 41.6 Å². The fourth-order valence-electron chi connectivity index (χ4n) is 2.56. The Morgan fingerprint density at radius 2 is 2.05 bits per heavy atom. The molecule has 0 fully saturated rings. The third kappa shape index (κ3) is 2.66. The Hall–Kier alpha value is -1.53. The molecule has 3 nitrogen and oxygen atoms in total. The summed E-state index contributed by atoms with van der Waals surface area (Å²) >= 11 is 6.28. The second kappa shape index (κ2) is 6.28. The zero-order valence-corrected chi connectivity index (χ0v) is 13.0. The number of hydrogen-bond donors (Lipinski definition) is 0. The van der Waals surface area contributed by atoms with Gasteiger partial charge in [0.1, 0.15) is 17.4 Å². The van der Waals surface area contributed by atoms with E-state index in [9.17, 15) is 5.26 Å². The summed E-state index contributed by atoms with van der Waals surface area (Å²) in [5, 5.41) is 9.05. The van der Waals surface area contributed by atoms with Gasteiger partial charge in [-0.2, -0.15) is 5.26 Å². The van der Waals surface area contributed by atoms with Crippen LogP contribution in [-0.2, 0) is 6.54 Å². The molecule has 1 atom stereocenters. The lowest BCUT2D eigenvalue weighted by Gasteiger charge is -2.17. The summed E-state index contributed by atoms with van der Waals surface area (Å²) in [5.41, 5.74) is 2.39. The van der Waals surface area contributed by atoms with Gasteiger partial charge in [0.05, 0.1) is 16.5 Å². The maximum absolute atomic E-state index is 9.22. The molecule has 2 aromatic rings. The van der Waals surface area contributed by atoms with Crippen LogP contribution in [0.1, 0.15) is 50.4 Å². The van der Waals surface area contributed by atoms with Gasteiger partial charge in [-0.05, 0) is 25.0 Å². The molecule has 1 aromatic heterocycles. The molecule has 0 N–H and O–H groups in total. The van der Waals surface area contributed by atoms with E-state index in [-0.39, 0.29) is 5.38 Å². The number of fused-ring (bicyclic) bond motifs is 1. The van der Waals surface area contributed by atoms with Gasteiger partial charge < -0.3 is 4.57 Å². The Bertz CT molecular complexity index is 633. The van der Waals surface area contributed by atoms with Crippen LogP contribution in [0.15, 0.2) is 18.2 Å². The molecule has 0 aliphatic heterocycles. The van der Waals surface area contributed by atoms with Crippen LogP contribution in [0.4, 0.5) is 0 Å². The van der Waals surface area contributed by atoms with Crippen molar-refractivity contribution in [2.75, 3.05) is 0 Å². The van der Waals surface area contributed by atoms with Crippen molar-refractivity contribution < 1.29 is 0 Å². The smallest absolute Gasteiger partial charge is 0.127 e. The molecule has 106 valence electrons. The first-order chi connectivity index (χ1) is 9.62. The van der Waals surface area contributed by atoms with E-state index in [1.54, 1.807) is 6.07 Å². The van der Waals surface area contributed by atoms with E-state index in [2.05, 4.69) is 29.5 Å². The molecule has 2 rings (SSSR count). The molecule has 1 unspecified atom stereocenters. The Morgan fingerprint density at radius 3 is 2.60 bits per heavy atom. The van der Waals surface area contributed by atoms with E-state index in [4.69, 9.17) is 11.6 Å². The van der Waals surface area contributed by atoms with Crippen molar-refractivity contribution in [3.05, 3.63) is 29.6 Å². The van der Waals surface area contributed by atoms with Crippen LogP contribution in [0.5, 0.6) is 0 Å². The third-order valence-corrected chi connectivity index (χ3v) is 4.08. The summed E-state index contributed by atoms with van der Waals surface area (Å²) in [7, 11) is 0. The van der Waals surface area contributed by atoms with Gasteiger partial charge in [-0.25, -0.2) is 4.98 Å². The SMILES string of the molecule is CCC(CC)Cn1c(C(C)Cl)nc2c(C#N)cccc21. The van der Waals surface area contributed by atoms with Crippen molar-refractivity contribution in [2.24, 2.45) is 5.92 Å². The highest BCUT2D eigenvalue weighted by molar-refractivity contribution is 6.20. The Morgan fingerprint density at radius 1 is 1.35 bits per heavy atom. The monoisotopic (exact) mass is 289 g/mol. The summed E-state index contributed by atoms with van der Waals surface area (Å²) in [6, 6.07) is 7.95. The minimum atomic E-state index is -0.164. The molecular weight excluding hydrogens is 270 g/mol. The quantitative estimate of drug-likeness (QED) is 0.752. The fraction of sp³-hybridized carbons (Fsp3) is 0.500. The van der Waals surface area contributed by atoms with Crippen LogP contribution in [0.2, 0.25) is 0 Å². The van der Waals surface area contributed by atoms with Crippen molar-refractivity contribution >= 4 is 22.6 Å². The van der Waals surface area contributed by atoms with Gasteiger partial charge in [0.15, 0.2) is 0 Å². The van der Waals surface area contributed by atoms with Gasteiger partial charge in [-0.15, -0.1) is 11.6 Å². The first kappa shape index (κ1) is 14.9. The van der Waals surface area contributed by atoms with E-state index >= 15 is 0 Å². The number of rotatable bonds is 5. The van der Waals surface area contributed by atoms with Crippen LogP contribution in [0, 0.1) is 17.2 Å². The highest BCUT2D eigenvalue weighted by Gasteiger charge is 2.18. The molecule has 0 saturated carbocycles. The fourth-order valence-corrected chi connectivity index (χ4v) is 2.72. The average molecular weight is 290 g/mol. The number of alkyl halides is 1. The highest BCUT2D eigenvalue weighted by Crippen LogP contribution is 2.28. The summed E-state index contributed by atoms with van der Waals surface area (Å²) in [6.07, 6.45) is 2.26. The Kier molecular flexibility index (Phi) is 4.67. The zero-order chi connectivity index (χ0) is 14.7. The maximum atomic E-state index is 9.22. The number of nitrogens with zero attached hydrogens (tertiary/aromatic N) is 3.